The van der Waals surface area contributed by atoms with Gasteiger partial charge in [0.1, 0.15) is 11.5 Å². The summed E-state index contributed by atoms with van der Waals surface area (Å²) in [5.74, 6) is 1.58. The third-order valence-corrected chi connectivity index (χ3v) is 8.74. The molecule has 4 rings (SSSR count). The zero-order chi connectivity index (χ0) is 27.5. The molecule has 0 unspecified atom stereocenters. The van der Waals surface area contributed by atoms with Gasteiger partial charge in [0.2, 0.25) is 0 Å². The Morgan fingerprint density at radius 3 is 1.37 bits per heavy atom. The fourth-order valence-corrected chi connectivity index (χ4v) is 5.95. The van der Waals surface area contributed by atoms with E-state index in [2.05, 4.69) is 0 Å². The quantitative estimate of drug-likeness (QED) is 0.206. The molecule has 2 aromatic carbocycles. The number of hydrogen-bond donors (Lipinski definition) is 0. The van der Waals surface area contributed by atoms with Crippen LogP contribution < -0.4 is 20.6 Å². The Morgan fingerprint density at radius 2 is 1.03 bits per heavy atom. The van der Waals surface area contributed by atoms with Gasteiger partial charge in [-0.3, -0.25) is 17.5 Å². The van der Waals surface area contributed by atoms with Gasteiger partial charge in [0.05, 0.1) is 34.0 Å². The van der Waals surface area contributed by atoms with E-state index in [1.165, 1.54) is 23.1 Å². The van der Waals surface area contributed by atoms with Gasteiger partial charge in [0.15, 0.2) is 0 Å². The lowest BCUT2D eigenvalue weighted by atomic mass is 10.1. The van der Waals surface area contributed by atoms with Gasteiger partial charge in [0.25, 0.3) is 11.1 Å². The molecule has 0 aliphatic heterocycles. The second kappa shape index (κ2) is 11.3. The Hall–Kier alpha value is -3.10. The molecule has 0 atom stereocenters. The van der Waals surface area contributed by atoms with Crippen LogP contribution in [0.15, 0.2) is 70.3 Å². The van der Waals surface area contributed by atoms with E-state index in [0.717, 1.165) is 45.2 Å². The number of aromatic nitrogens is 2. The highest BCUT2D eigenvalue weighted by Gasteiger charge is 2.19. The second-order valence-corrected chi connectivity index (χ2v) is 13.2. The molecular formula is C30H36N2O4S2. The maximum atomic E-state index is 12.4. The van der Waals surface area contributed by atoms with Crippen LogP contribution in [0, 0.1) is 0 Å². The van der Waals surface area contributed by atoms with E-state index in [4.69, 9.17) is 9.47 Å². The zero-order valence-electron chi connectivity index (χ0n) is 22.9. The molecule has 0 bridgehead atoms. The molecule has 0 saturated carbocycles. The Morgan fingerprint density at radius 1 is 0.632 bits per heavy atom. The van der Waals surface area contributed by atoms with Gasteiger partial charge in [-0.1, -0.05) is 47.3 Å². The summed E-state index contributed by atoms with van der Waals surface area (Å²) in [6, 6.07) is 19.2. The third kappa shape index (κ3) is 6.85. The Balaban J connectivity index is 1.27. The van der Waals surface area contributed by atoms with Gasteiger partial charge in [-0.15, -0.1) is 0 Å². The Labute approximate surface area is 232 Å². The molecule has 8 heteroatoms. The molecule has 202 valence electrons. The largest absolute Gasteiger partial charge is 0.494 e. The van der Waals surface area contributed by atoms with Crippen molar-refractivity contribution < 1.29 is 9.47 Å². The smallest absolute Gasteiger partial charge is 0.261 e. The van der Waals surface area contributed by atoms with Crippen molar-refractivity contribution in [2.45, 2.75) is 65.5 Å². The molecular weight excluding hydrogens is 516 g/mol. The lowest BCUT2D eigenvalue weighted by molar-refractivity contribution is 0.266. The number of benzene rings is 2. The predicted molar refractivity (Wildman–Crippen MR) is 158 cm³/mol. The number of hydrogen-bond acceptors (Lipinski definition) is 6. The summed E-state index contributed by atoms with van der Waals surface area (Å²) in [7, 11) is 0. The van der Waals surface area contributed by atoms with Crippen molar-refractivity contribution in [1.82, 2.24) is 7.91 Å². The molecule has 0 spiro atoms. The van der Waals surface area contributed by atoms with E-state index < -0.39 is 0 Å². The highest BCUT2D eigenvalue weighted by atomic mass is 32.1. The first-order valence-electron chi connectivity index (χ1n) is 12.9. The number of nitrogens with zero attached hydrogens (tertiary/aromatic N) is 2. The Bertz CT molecular complexity index is 1380. The SMILES string of the molecule is CC(C)(C)n1sc(-c2cccc(OCCCCOc3cccc(-c4cc(=O)n(C(C)(C)C)s4)c3)c2)cc1=O. The first-order valence-corrected chi connectivity index (χ1v) is 14.4. The van der Waals surface area contributed by atoms with Crippen molar-refractivity contribution in [1.29, 1.82) is 0 Å². The van der Waals surface area contributed by atoms with Crippen LogP contribution >= 0.6 is 23.1 Å². The van der Waals surface area contributed by atoms with Crippen molar-refractivity contribution in [3.8, 4) is 32.4 Å². The molecule has 0 amide bonds. The lowest BCUT2D eigenvalue weighted by Gasteiger charge is -2.18. The van der Waals surface area contributed by atoms with Crippen molar-refractivity contribution in [2.24, 2.45) is 0 Å². The van der Waals surface area contributed by atoms with Crippen LogP contribution in [0.4, 0.5) is 0 Å². The molecule has 0 N–H and O–H groups in total. The minimum atomic E-state index is -0.239. The van der Waals surface area contributed by atoms with Gasteiger partial charge in [-0.05, 0) is 89.8 Å². The van der Waals surface area contributed by atoms with Crippen molar-refractivity contribution >= 4 is 23.1 Å². The molecule has 0 radical (unpaired) electrons. The highest BCUT2D eigenvalue weighted by molar-refractivity contribution is 7.10. The average molecular weight is 553 g/mol. The average Bonchev–Trinajstić information content (AvgIpc) is 3.44. The van der Waals surface area contributed by atoms with Crippen LogP contribution in [-0.2, 0) is 11.1 Å². The minimum Gasteiger partial charge on any atom is -0.494 e. The first-order chi connectivity index (χ1) is 17.9. The van der Waals surface area contributed by atoms with Crippen molar-refractivity contribution in [3.05, 3.63) is 81.4 Å². The number of unbranched alkanes of at least 4 members (excludes halogenated alkanes) is 1. The highest BCUT2D eigenvalue weighted by Crippen LogP contribution is 2.30. The van der Waals surface area contributed by atoms with Crippen molar-refractivity contribution in [3.63, 3.8) is 0 Å². The molecule has 0 fully saturated rings. The summed E-state index contributed by atoms with van der Waals surface area (Å²) in [5.41, 5.74) is 1.53. The summed E-state index contributed by atoms with van der Waals surface area (Å²) in [4.78, 5) is 26.6. The van der Waals surface area contributed by atoms with Gasteiger partial charge < -0.3 is 9.47 Å². The topological polar surface area (TPSA) is 62.5 Å². The lowest BCUT2D eigenvalue weighted by Crippen LogP contribution is -2.28. The first kappa shape index (κ1) is 27.9. The van der Waals surface area contributed by atoms with Gasteiger partial charge in [0, 0.05) is 12.1 Å². The fraction of sp³-hybridized carbons (Fsp3) is 0.400. The Kier molecular flexibility index (Phi) is 8.33. The summed E-state index contributed by atoms with van der Waals surface area (Å²) in [6.45, 7) is 13.4. The molecule has 2 heterocycles. The molecule has 0 saturated heterocycles. The van der Waals surface area contributed by atoms with Gasteiger partial charge >= 0.3 is 0 Å². The summed E-state index contributed by atoms with van der Waals surface area (Å²) in [5, 5.41) is 0. The normalized spacial score (nSPS) is 12.1. The van der Waals surface area contributed by atoms with Crippen LogP contribution in [0.5, 0.6) is 11.5 Å². The van der Waals surface area contributed by atoms with Crippen LogP contribution in [0.1, 0.15) is 54.4 Å². The molecule has 2 aromatic heterocycles. The predicted octanol–water partition coefficient (Wildman–Crippen LogP) is 7.22. The van der Waals surface area contributed by atoms with E-state index in [0.29, 0.717) is 13.2 Å². The zero-order valence-corrected chi connectivity index (χ0v) is 24.6. The molecule has 6 nitrogen and oxygen atoms in total. The van der Waals surface area contributed by atoms with Crippen LogP contribution in [0.2, 0.25) is 0 Å². The van der Waals surface area contributed by atoms with Gasteiger partial charge in [-0.25, -0.2) is 0 Å². The summed E-state index contributed by atoms with van der Waals surface area (Å²) < 4.78 is 15.6. The number of ether oxygens (including phenoxy) is 2. The molecule has 0 aliphatic rings. The van der Waals surface area contributed by atoms with E-state index in [1.807, 2.05) is 90.1 Å². The van der Waals surface area contributed by atoms with E-state index >= 15 is 0 Å². The minimum absolute atomic E-state index is 0.0217. The van der Waals surface area contributed by atoms with Gasteiger partial charge in [-0.2, -0.15) is 0 Å². The standard InChI is InChI=1S/C30H36N2O4S2/c1-29(2,3)31-27(33)19-25(37-31)21-11-9-13-23(17-21)35-15-7-8-16-36-24-14-10-12-22(18-24)26-20-28(34)32(38-26)30(4,5)6/h9-14,17-20H,7-8,15-16H2,1-6H3. The van der Waals surface area contributed by atoms with E-state index in [9.17, 15) is 9.59 Å². The third-order valence-electron chi connectivity index (χ3n) is 5.82. The van der Waals surface area contributed by atoms with Crippen LogP contribution in [-0.4, -0.2) is 21.1 Å². The molecule has 4 aromatic rings. The number of rotatable bonds is 9. The second-order valence-electron chi connectivity index (χ2n) is 11.3. The fourth-order valence-electron chi connectivity index (χ4n) is 3.95. The monoisotopic (exact) mass is 552 g/mol. The molecule has 0 aliphatic carbocycles. The van der Waals surface area contributed by atoms with Crippen molar-refractivity contribution in [2.75, 3.05) is 13.2 Å². The van der Waals surface area contributed by atoms with E-state index in [-0.39, 0.29) is 22.2 Å². The summed E-state index contributed by atoms with van der Waals surface area (Å²) >= 11 is 2.96. The summed E-state index contributed by atoms with van der Waals surface area (Å²) in [6.07, 6.45) is 1.71. The maximum absolute atomic E-state index is 12.4. The van der Waals surface area contributed by atoms with Crippen LogP contribution in [0.3, 0.4) is 0 Å². The van der Waals surface area contributed by atoms with E-state index in [1.54, 1.807) is 20.0 Å². The maximum Gasteiger partial charge on any atom is 0.261 e. The van der Waals surface area contributed by atoms with Crippen LogP contribution in [0.25, 0.3) is 20.9 Å². The molecule has 38 heavy (non-hydrogen) atoms.